The summed E-state index contributed by atoms with van der Waals surface area (Å²) in [6, 6.07) is 2.86. The molecule has 0 bridgehead atoms. The van der Waals surface area contributed by atoms with Crippen LogP contribution >= 0.6 is 0 Å². The molecule has 0 aliphatic rings. The Kier molecular flexibility index (Phi) is 12.1. The van der Waals surface area contributed by atoms with Crippen molar-refractivity contribution in [2.24, 2.45) is 4.99 Å². The second kappa shape index (κ2) is 13.0. The summed E-state index contributed by atoms with van der Waals surface area (Å²) in [4.78, 5) is 19.2. The van der Waals surface area contributed by atoms with Crippen LogP contribution in [0.25, 0.3) is 0 Å². The van der Waals surface area contributed by atoms with E-state index in [9.17, 15) is 4.79 Å². The van der Waals surface area contributed by atoms with Gasteiger partial charge >= 0.3 is 5.97 Å². The molecule has 126 valence electrons. The number of aliphatic imine (C=N–C) groups is 1. The molecule has 0 amide bonds. The van der Waals surface area contributed by atoms with Gasteiger partial charge in [0.05, 0.1) is 12.3 Å². The van der Waals surface area contributed by atoms with Gasteiger partial charge in [-0.1, -0.05) is 13.8 Å². The number of esters is 1. The number of rotatable bonds is 9. The Bertz CT molecular complexity index is 398. The smallest absolute Gasteiger partial charge is 0.336 e. The number of nitrogens with one attached hydrogen (secondary N) is 1. The summed E-state index contributed by atoms with van der Waals surface area (Å²) in [6.45, 7) is 10.6. The fourth-order valence-electron chi connectivity index (χ4n) is 1.61. The third kappa shape index (κ3) is 7.38. The molecule has 6 nitrogen and oxygen atoms in total. The molecule has 0 spiro atoms. The molecule has 0 aromatic carbocycles. The highest BCUT2D eigenvalue weighted by Crippen LogP contribution is 2.09. The van der Waals surface area contributed by atoms with Gasteiger partial charge in [-0.15, -0.1) is 0 Å². The van der Waals surface area contributed by atoms with Gasteiger partial charge in [-0.2, -0.15) is 0 Å². The Labute approximate surface area is 132 Å². The molecule has 1 aromatic rings. The van der Waals surface area contributed by atoms with E-state index in [0.717, 1.165) is 5.69 Å². The zero-order chi connectivity index (χ0) is 16.8. The first kappa shape index (κ1) is 20.3. The van der Waals surface area contributed by atoms with E-state index in [-0.39, 0.29) is 0 Å². The quantitative estimate of drug-likeness (QED) is 0.432. The van der Waals surface area contributed by atoms with E-state index in [0.29, 0.717) is 19.8 Å². The van der Waals surface area contributed by atoms with Crippen molar-refractivity contribution < 1.29 is 19.0 Å². The average molecular weight is 312 g/mol. The molecular weight excluding hydrogens is 284 g/mol. The van der Waals surface area contributed by atoms with Gasteiger partial charge in [0.2, 0.25) is 0 Å². The van der Waals surface area contributed by atoms with Crippen molar-refractivity contribution in [3.8, 4) is 0 Å². The molecule has 1 atom stereocenters. The third-order valence-electron chi connectivity index (χ3n) is 2.44. The maximum Gasteiger partial charge on any atom is 0.336 e. The first-order valence-electron chi connectivity index (χ1n) is 7.79. The fraction of sp³-hybridized carbons (Fsp3) is 0.625. The highest BCUT2D eigenvalue weighted by molar-refractivity contribution is 5.83. The van der Waals surface area contributed by atoms with Gasteiger partial charge in [0, 0.05) is 25.6 Å². The molecule has 1 aromatic heterocycles. The number of H-pyrrole nitrogens is 1. The lowest BCUT2D eigenvalue weighted by Gasteiger charge is -2.22. The van der Waals surface area contributed by atoms with Gasteiger partial charge in [0.1, 0.15) is 0 Å². The first-order chi connectivity index (χ1) is 10.7. The minimum atomic E-state index is -0.835. The zero-order valence-electron chi connectivity index (χ0n) is 14.2. The van der Waals surface area contributed by atoms with Crippen LogP contribution in [0.5, 0.6) is 0 Å². The summed E-state index contributed by atoms with van der Waals surface area (Å²) in [5, 5.41) is 0. The fourth-order valence-corrected chi connectivity index (χ4v) is 1.61. The van der Waals surface area contributed by atoms with Gasteiger partial charge < -0.3 is 19.2 Å². The topological polar surface area (TPSA) is 72.9 Å². The standard InChI is InChI=1S/C14H22N2O4.C2H6/c1-4-18-13(17)12(14(19-5-2)20-6-3)16-10-11-8-7-9-15-11;1-2/h7-10,12,14-15H,4-6H2,1-3H3;1-2H3. The molecule has 0 aliphatic heterocycles. The van der Waals surface area contributed by atoms with Gasteiger partial charge in [0.25, 0.3) is 0 Å². The summed E-state index contributed by atoms with van der Waals surface area (Å²) in [5.74, 6) is -0.456. The number of carbonyl (C=O) groups excluding carboxylic acids is 1. The maximum atomic E-state index is 12.0. The summed E-state index contributed by atoms with van der Waals surface area (Å²) in [5.41, 5.74) is 0.797. The van der Waals surface area contributed by atoms with Gasteiger partial charge in [0.15, 0.2) is 12.3 Å². The minimum absolute atomic E-state index is 0.290. The van der Waals surface area contributed by atoms with Crippen LogP contribution in [0.4, 0.5) is 0 Å². The van der Waals surface area contributed by atoms with Crippen molar-refractivity contribution in [3.05, 3.63) is 24.0 Å². The Morgan fingerprint density at radius 1 is 1.23 bits per heavy atom. The third-order valence-corrected chi connectivity index (χ3v) is 2.44. The predicted octanol–water partition coefficient (Wildman–Crippen LogP) is 2.79. The van der Waals surface area contributed by atoms with Crippen LogP contribution < -0.4 is 0 Å². The van der Waals surface area contributed by atoms with Crippen LogP contribution in [0.2, 0.25) is 0 Å². The summed E-state index contributed by atoms with van der Waals surface area (Å²) >= 11 is 0. The molecule has 1 unspecified atom stereocenters. The number of carbonyl (C=O) groups is 1. The number of aromatic amines is 1. The lowest BCUT2D eigenvalue weighted by atomic mass is 10.3. The Morgan fingerprint density at radius 3 is 2.32 bits per heavy atom. The molecule has 22 heavy (non-hydrogen) atoms. The molecule has 1 N–H and O–H groups in total. The van der Waals surface area contributed by atoms with E-state index < -0.39 is 18.3 Å². The lowest BCUT2D eigenvalue weighted by molar-refractivity contribution is -0.174. The minimum Gasteiger partial charge on any atom is -0.464 e. The van der Waals surface area contributed by atoms with Crippen molar-refractivity contribution in [3.63, 3.8) is 0 Å². The molecule has 6 heteroatoms. The van der Waals surface area contributed by atoms with E-state index in [1.165, 1.54) is 0 Å². The molecular formula is C16H28N2O4. The number of hydrogen-bond acceptors (Lipinski definition) is 5. The van der Waals surface area contributed by atoms with Crippen molar-refractivity contribution in [1.29, 1.82) is 0 Å². The van der Waals surface area contributed by atoms with Crippen molar-refractivity contribution in [2.75, 3.05) is 19.8 Å². The Hall–Kier alpha value is -1.66. The Balaban J connectivity index is 0.00000211. The zero-order valence-corrected chi connectivity index (χ0v) is 14.2. The van der Waals surface area contributed by atoms with Gasteiger partial charge in [-0.25, -0.2) is 4.79 Å². The highest BCUT2D eigenvalue weighted by atomic mass is 16.7. The van der Waals surface area contributed by atoms with Crippen molar-refractivity contribution in [1.82, 2.24) is 4.98 Å². The average Bonchev–Trinajstić information content (AvgIpc) is 3.03. The number of nitrogens with zero attached hydrogens (tertiary/aromatic N) is 1. The molecule has 0 aliphatic carbocycles. The molecule has 1 rings (SSSR count). The first-order valence-corrected chi connectivity index (χ1v) is 7.79. The Morgan fingerprint density at radius 2 is 1.86 bits per heavy atom. The van der Waals surface area contributed by atoms with E-state index in [4.69, 9.17) is 14.2 Å². The van der Waals surface area contributed by atoms with E-state index in [2.05, 4.69) is 9.98 Å². The second-order valence-corrected chi connectivity index (χ2v) is 3.88. The van der Waals surface area contributed by atoms with Gasteiger partial charge in [-0.05, 0) is 32.9 Å². The normalized spacial score (nSPS) is 12.1. The van der Waals surface area contributed by atoms with E-state index in [1.54, 1.807) is 19.3 Å². The predicted molar refractivity (Wildman–Crippen MR) is 87.2 cm³/mol. The van der Waals surface area contributed by atoms with Gasteiger partial charge in [-0.3, -0.25) is 4.99 Å². The highest BCUT2D eigenvalue weighted by Gasteiger charge is 2.30. The summed E-state index contributed by atoms with van der Waals surface area (Å²) < 4.78 is 15.9. The van der Waals surface area contributed by atoms with Crippen molar-refractivity contribution in [2.45, 2.75) is 47.0 Å². The van der Waals surface area contributed by atoms with Crippen LogP contribution in [0, 0.1) is 0 Å². The van der Waals surface area contributed by atoms with E-state index in [1.807, 2.05) is 39.8 Å². The van der Waals surface area contributed by atoms with Crippen LogP contribution in [0.1, 0.15) is 40.3 Å². The molecule has 0 radical (unpaired) electrons. The lowest BCUT2D eigenvalue weighted by Crippen LogP contribution is -2.38. The largest absolute Gasteiger partial charge is 0.464 e. The van der Waals surface area contributed by atoms with Crippen LogP contribution in [-0.4, -0.2) is 49.3 Å². The van der Waals surface area contributed by atoms with Crippen LogP contribution in [0.3, 0.4) is 0 Å². The monoisotopic (exact) mass is 312 g/mol. The number of ether oxygens (including phenoxy) is 3. The number of hydrogen-bond donors (Lipinski definition) is 1. The maximum absolute atomic E-state index is 12.0. The SMILES string of the molecule is CC.CCOC(=O)C(N=Cc1ccc[nH]1)C(OCC)OCC. The molecule has 1 heterocycles. The second-order valence-electron chi connectivity index (χ2n) is 3.88. The number of aromatic nitrogens is 1. The molecule has 0 saturated heterocycles. The van der Waals surface area contributed by atoms with Crippen molar-refractivity contribution >= 4 is 12.2 Å². The molecule has 0 saturated carbocycles. The van der Waals surface area contributed by atoms with Crippen LogP contribution in [-0.2, 0) is 19.0 Å². The summed E-state index contributed by atoms with van der Waals surface area (Å²) in [7, 11) is 0. The van der Waals surface area contributed by atoms with E-state index >= 15 is 0 Å². The van der Waals surface area contributed by atoms with Crippen LogP contribution in [0.15, 0.2) is 23.3 Å². The summed E-state index contributed by atoms with van der Waals surface area (Å²) in [6.07, 6.45) is 2.62. The molecule has 0 fully saturated rings.